The minimum absolute atomic E-state index is 0.0830. The fourth-order valence-corrected chi connectivity index (χ4v) is 4.38. The van der Waals surface area contributed by atoms with Crippen LogP contribution in [0, 0.1) is 6.92 Å². The number of nitrogens with zero attached hydrogens (tertiary/aromatic N) is 3. The molecule has 0 aliphatic carbocycles. The molecule has 10 heteroatoms. The molecule has 4 heterocycles. The van der Waals surface area contributed by atoms with Crippen molar-refractivity contribution in [3.05, 3.63) is 57.9 Å². The number of carbonyl (C=O) groups is 2. The number of fused-ring (bicyclic) bond motifs is 2. The molecule has 158 valence electrons. The number of hydrogen-bond donors (Lipinski definition) is 1. The number of aryl methyl sites for hydroxylation is 1. The minimum Gasteiger partial charge on any atom is -0.454 e. The molecule has 31 heavy (non-hydrogen) atoms. The molecule has 2 amide bonds. The molecule has 2 aliphatic rings. The Kier molecular flexibility index (Phi) is 4.91. The van der Waals surface area contributed by atoms with Crippen molar-refractivity contribution in [2.45, 2.75) is 19.9 Å². The third kappa shape index (κ3) is 4.02. The second-order valence-corrected chi connectivity index (χ2v) is 8.21. The van der Waals surface area contributed by atoms with Gasteiger partial charge in [0.05, 0.1) is 12.2 Å². The molecule has 5 rings (SSSR count). The summed E-state index contributed by atoms with van der Waals surface area (Å²) in [6, 6.07) is 7.11. The predicted molar refractivity (Wildman–Crippen MR) is 112 cm³/mol. The van der Waals surface area contributed by atoms with E-state index in [1.165, 1.54) is 11.3 Å². The molecule has 0 fully saturated rings. The fourth-order valence-electron chi connectivity index (χ4n) is 3.36. The number of ether oxygens (including phenoxy) is 2. The quantitative estimate of drug-likeness (QED) is 0.624. The van der Waals surface area contributed by atoms with Crippen LogP contribution in [0.1, 0.15) is 32.4 Å². The van der Waals surface area contributed by atoms with Gasteiger partial charge in [0.15, 0.2) is 22.3 Å². The number of nitrogens with one attached hydrogen (secondary N) is 1. The van der Waals surface area contributed by atoms with E-state index in [2.05, 4.69) is 15.5 Å². The first-order chi connectivity index (χ1) is 15.0. The van der Waals surface area contributed by atoms with Crippen LogP contribution in [0.3, 0.4) is 0 Å². The highest BCUT2D eigenvalue weighted by Crippen LogP contribution is 2.33. The molecule has 0 spiro atoms. The lowest BCUT2D eigenvalue weighted by atomic mass is 10.1. The van der Waals surface area contributed by atoms with Crippen molar-refractivity contribution in [3.8, 4) is 11.5 Å². The Labute approximate surface area is 181 Å². The number of aromatic nitrogens is 2. The van der Waals surface area contributed by atoms with Gasteiger partial charge < -0.3 is 18.9 Å². The molecule has 9 nitrogen and oxygen atoms in total. The Balaban J connectivity index is 1.23. The normalized spacial score (nSPS) is 14.7. The number of benzene rings is 1. The van der Waals surface area contributed by atoms with Gasteiger partial charge in [-0.1, -0.05) is 22.6 Å². The smallest absolute Gasteiger partial charge is 0.279 e. The molecule has 2 aliphatic heterocycles. The van der Waals surface area contributed by atoms with Gasteiger partial charge in [-0.15, -0.1) is 0 Å². The van der Waals surface area contributed by atoms with Crippen molar-refractivity contribution in [2.24, 2.45) is 0 Å². The number of anilines is 1. The predicted octanol–water partition coefficient (Wildman–Crippen LogP) is 3.02. The van der Waals surface area contributed by atoms with Crippen molar-refractivity contribution in [1.82, 2.24) is 15.0 Å². The van der Waals surface area contributed by atoms with E-state index in [0.717, 1.165) is 16.1 Å². The number of rotatable bonds is 4. The summed E-state index contributed by atoms with van der Waals surface area (Å²) in [7, 11) is 0. The molecular formula is C21H18N4O5S. The van der Waals surface area contributed by atoms with Crippen molar-refractivity contribution in [3.63, 3.8) is 0 Å². The standard InChI is InChI=1S/C21H18N4O5S/c1-12-8-15(24-30-12)20(27)23-21-22-14-6-7-25(10-18(14)31-21)19(26)5-3-13-2-4-16-17(9-13)29-11-28-16/h2-5,8-9H,6-7,10-11H2,1H3,(H,22,23,27)/b5-3+. The summed E-state index contributed by atoms with van der Waals surface area (Å²) >= 11 is 1.36. The molecule has 3 aromatic rings. The second-order valence-electron chi connectivity index (χ2n) is 7.12. The van der Waals surface area contributed by atoms with Gasteiger partial charge in [0, 0.05) is 30.0 Å². The van der Waals surface area contributed by atoms with E-state index in [1.807, 2.05) is 18.2 Å². The van der Waals surface area contributed by atoms with E-state index in [9.17, 15) is 9.59 Å². The summed E-state index contributed by atoms with van der Waals surface area (Å²) in [5.41, 5.74) is 1.97. The Morgan fingerprint density at radius 2 is 2.10 bits per heavy atom. The first kappa shape index (κ1) is 19.3. The highest BCUT2D eigenvalue weighted by molar-refractivity contribution is 7.15. The van der Waals surface area contributed by atoms with Crippen LogP contribution in [-0.2, 0) is 17.8 Å². The maximum absolute atomic E-state index is 12.7. The van der Waals surface area contributed by atoms with Gasteiger partial charge in [-0.2, -0.15) is 0 Å². The molecule has 0 atom stereocenters. The van der Waals surface area contributed by atoms with E-state index in [1.54, 1.807) is 30.0 Å². The molecule has 0 radical (unpaired) electrons. The zero-order valence-electron chi connectivity index (χ0n) is 16.6. The maximum atomic E-state index is 12.7. The van der Waals surface area contributed by atoms with Crippen molar-refractivity contribution >= 4 is 34.4 Å². The third-order valence-electron chi connectivity index (χ3n) is 4.94. The number of hydrogen-bond acceptors (Lipinski definition) is 8. The van der Waals surface area contributed by atoms with Crippen LogP contribution in [0.25, 0.3) is 6.08 Å². The second kappa shape index (κ2) is 7.88. The van der Waals surface area contributed by atoms with Gasteiger partial charge in [0.1, 0.15) is 5.76 Å². The number of amides is 2. The molecule has 1 N–H and O–H groups in total. The van der Waals surface area contributed by atoms with Gasteiger partial charge in [0.2, 0.25) is 12.7 Å². The molecular weight excluding hydrogens is 420 g/mol. The van der Waals surface area contributed by atoms with Crippen molar-refractivity contribution < 1.29 is 23.6 Å². The highest BCUT2D eigenvalue weighted by atomic mass is 32.1. The van der Waals surface area contributed by atoms with E-state index < -0.39 is 0 Å². The zero-order chi connectivity index (χ0) is 21.4. The summed E-state index contributed by atoms with van der Waals surface area (Å²) in [5, 5.41) is 6.94. The minimum atomic E-state index is -0.373. The van der Waals surface area contributed by atoms with Gasteiger partial charge in [-0.05, 0) is 30.7 Å². The molecule has 0 saturated heterocycles. The average molecular weight is 438 g/mol. The maximum Gasteiger partial charge on any atom is 0.279 e. The number of carbonyl (C=O) groups excluding carboxylic acids is 2. The lowest BCUT2D eigenvalue weighted by Crippen LogP contribution is -2.34. The van der Waals surface area contributed by atoms with Crippen LogP contribution in [0.5, 0.6) is 11.5 Å². The first-order valence-electron chi connectivity index (χ1n) is 9.65. The zero-order valence-corrected chi connectivity index (χ0v) is 17.4. The van der Waals surface area contributed by atoms with Gasteiger partial charge >= 0.3 is 0 Å². The van der Waals surface area contributed by atoms with Crippen molar-refractivity contribution in [1.29, 1.82) is 0 Å². The molecule has 2 aromatic heterocycles. The van der Waals surface area contributed by atoms with E-state index >= 15 is 0 Å². The van der Waals surface area contributed by atoms with Gasteiger partial charge in [0.25, 0.3) is 5.91 Å². The van der Waals surface area contributed by atoms with E-state index in [4.69, 9.17) is 14.0 Å². The van der Waals surface area contributed by atoms with Gasteiger partial charge in [-0.25, -0.2) is 4.98 Å². The van der Waals surface area contributed by atoms with Crippen LogP contribution in [0.15, 0.2) is 34.9 Å². The first-order valence-corrected chi connectivity index (χ1v) is 10.5. The molecule has 0 saturated carbocycles. The summed E-state index contributed by atoms with van der Waals surface area (Å²) in [6.07, 6.45) is 3.95. The lowest BCUT2D eigenvalue weighted by molar-refractivity contribution is -0.126. The van der Waals surface area contributed by atoms with Crippen LogP contribution < -0.4 is 14.8 Å². The van der Waals surface area contributed by atoms with Gasteiger partial charge in [-0.3, -0.25) is 14.9 Å². The average Bonchev–Trinajstić information content (AvgIpc) is 3.49. The number of thiazole rings is 1. The molecule has 0 unspecified atom stereocenters. The Morgan fingerprint density at radius 3 is 2.94 bits per heavy atom. The largest absolute Gasteiger partial charge is 0.454 e. The Bertz CT molecular complexity index is 1200. The molecule has 0 bridgehead atoms. The summed E-state index contributed by atoms with van der Waals surface area (Å²) in [5.74, 6) is 1.49. The topological polar surface area (TPSA) is 107 Å². The SMILES string of the molecule is Cc1cc(C(=O)Nc2nc3c(s2)CN(C(=O)/C=C/c2ccc4c(c2)OCO4)CC3)no1. The van der Waals surface area contributed by atoms with Crippen LogP contribution >= 0.6 is 11.3 Å². The lowest BCUT2D eigenvalue weighted by Gasteiger charge is -2.24. The fraction of sp³-hybridized carbons (Fsp3) is 0.238. The Hall–Kier alpha value is -3.66. The van der Waals surface area contributed by atoms with Crippen LogP contribution in [0.2, 0.25) is 0 Å². The van der Waals surface area contributed by atoms with E-state index in [-0.39, 0.29) is 24.3 Å². The highest BCUT2D eigenvalue weighted by Gasteiger charge is 2.24. The monoisotopic (exact) mass is 438 g/mol. The van der Waals surface area contributed by atoms with Crippen LogP contribution in [-0.4, -0.2) is 40.2 Å². The summed E-state index contributed by atoms with van der Waals surface area (Å²) in [4.78, 5) is 32.1. The summed E-state index contributed by atoms with van der Waals surface area (Å²) in [6.45, 7) is 2.96. The van der Waals surface area contributed by atoms with E-state index in [0.29, 0.717) is 41.9 Å². The molecule has 1 aromatic carbocycles. The van der Waals surface area contributed by atoms with Crippen LogP contribution in [0.4, 0.5) is 5.13 Å². The third-order valence-corrected chi connectivity index (χ3v) is 5.94. The summed E-state index contributed by atoms with van der Waals surface area (Å²) < 4.78 is 15.6. The van der Waals surface area contributed by atoms with Crippen molar-refractivity contribution in [2.75, 3.05) is 18.7 Å². The Morgan fingerprint density at radius 1 is 1.23 bits per heavy atom.